The maximum Gasteiger partial charge on any atom is 0.253 e. The van der Waals surface area contributed by atoms with E-state index in [4.69, 9.17) is 9.47 Å². The summed E-state index contributed by atoms with van der Waals surface area (Å²) in [5.74, 6) is -1.89. The number of nitrogens with zero attached hydrogens (tertiary/aromatic N) is 3. The van der Waals surface area contributed by atoms with Gasteiger partial charge in [-0.3, -0.25) is 14.4 Å². The molecule has 0 aliphatic carbocycles. The molecule has 3 unspecified atom stereocenters. The topological polar surface area (TPSA) is 99.6 Å². The van der Waals surface area contributed by atoms with Crippen molar-refractivity contribution in [1.82, 2.24) is 4.90 Å². The minimum atomic E-state index is -1.28. The number of ether oxygens (including phenoxy) is 2. The Morgan fingerprint density at radius 1 is 1.10 bits per heavy atom. The molecule has 3 fully saturated rings. The lowest BCUT2D eigenvalue weighted by molar-refractivity contribution is -0.144. The minimum Gasteiger partial charge on any atom is -0.494 e. The maximum absolute atomic E-state index is 15.1. The van der Waals surface area contributed by atoms with Crippen LogP contribution in [0.15, 0.2) is 67.8 Å². The number of anilines is 2. The van der Waals surface area contributed by atoms with E-state index in [9.17, 15) is 14.7 Å². The minimum absolute atomic E-state index is 0.133. The summed E-state index contributed by atoms with van der Waals surface area (Å²) < 4.78 is 12.5. The first kappa shape index (κ1) is 35.8. The second-order valence-electron chi connectivity index (χ2n) is 13.6. The summed E-state index contributed by atoms with van der Waals surface area (Å²) in [6.45, 7) is 18.3. The van der Waals surface area contributed by atoms with Crippen molar-refractivity contribution in [2.45, 2.75) is 76.1 Å². The maximum atomic E-state index is 15.1. The first-order valence-electron chi connectivity index (χ1n) is 16.8. The second kappa shape index (κ2) is 14.6. The molecular weight excluding hydrogens is 674 g/mol. The summed E-state index contributed by atoms with van der Waals surface area (Å²) in [5.41, 5.74) is 1.97. The van der Waals surface area contributed by atoms with Crippen LogP contribution in [0.1, 0.15) is 44.7 Å². The van der Waals surface area contributed by atoms with Crippen LogP contribution in [-0.2, 0) is 19.1 Å². The Balaban J connectivity index is 1.63. The van der Waals surface area contributed by atoms with Gasteiger partial charge >= 0.3 is 0 Å². The zero-order valence-corrected chi connectivity index (χ0v) is 30.2. The molecular formula is C38H48BrN3O6. The molecule has 0 aromatic heterocycles. The van der Waals surface area contributed by atoms with Gasteiger partial charge in [0.15, 0.2) is 0 Å². The van der Waals surface area contributed by atoms with E-state index < -0.39 is 35.6 Å². The van der Waals surface area contributed by atoms with E-state index in [1.54, 1.807) is 26.9 Å². The number of alkyl halides is 1. The molecule has 10 heteroatoms. The van der Waals surface area contributed by atoms with Gasteiger partial charge in [-0.15, -0.1) is 13.2 Å². The normalized spacial score (nSPS) is 26.4. The molecule has 7 atom stereocenters. The van der Waals surface area contributed by atoms with Gasteiger partial charge in [-0.2, -0.15) is 0 Å². The molecule has 0 radical (unpaired) electrons. The van der Waals surface area contributed by atoms with E-state index in [-0.39, 0.29) is 48.2 Å². The number of hydrogen-bond donors (Lipinski definition) is 1. The lowest BCUT2D eigenvalue weighted by Gasteiger charge is -2.40. The smallest absolute Gasteiger partial charge is 0.253 e. The van der Waals surface area contributed by atoms with E-state index in [2.05, 4.69) is 29.1 Å². The molecule has 2 aromatic carbocycles. The van der Waals surface area contributed by atoms with Gasteiger partial charge < -0.3 is 29.3 Å². The predicted octanol–water partition coefficient (Wildman–Crippen LogP) is 5.60. The van der Waals surface area contributed by atoms with Crippen LogP contribution in [-0.4, -0.2) is 82.6 Å². The Bertz CT molecular complexity index is 1550. The van der Waals surface area contributed by atoms with E-state index in [1.807, 2.05) is 77.1 Å². The van der Waals surface area contributed by atoms with Crippen LogP contribution in [0.4, 0.5) is 11.4 Å². The fraction of sp³-hybridized carbons (Fsp3) is 0.500. The fourth-order valence-electron chi connectivity index (χ4n) is 7.96. The summed E-state index contributed by atoms with van der Waals surface area (Å²) in [4.78, 5) is 49.3. The first-order chi connectivity index (χ1) is 22.9. The number of aryl methyl sites for hydroxylation is 2. The highest BCUT2D eigenvalue weighted by Gasteiger charge is 2.77. The van der Waals surface area contributed by atoms with Crippen molar-refractivity contribution in [2.75, 3.05) is 36.1 Å². The molecule has 5 rings (SSSR count). The van der Waals surface area contributed by atoms with Gasteiger partial charge in [-0.05, 0) is 81.0 Å². The van der Waals surface area contributed by atoms with Crippen LogP contribution >= 0.6 is 15.9 Å². The van der Waals surface area contributed by atoms with Crippen LogP contribution in [0, 0.1) is 31.6 Å². The summed E-state index contributed by atoms with van der Waals surface area (Å²) in [6.07, 6.45) is 3.54. The first-order valence-corrected chi connectivity index (χ1v) is 17.7. The molecule has 3 saturated heterocycles. The highest BCUT2D eigenvalue weighted by Crippen LogP contribution is 2.61. The van der Waals surface area contributed by atoms with Crippen molar-refractivity contribution in [3.05, 3.63) is 78.9 Å². The largest absolute Gasteiger partial charge is 0.494 e. The number of benzene rings is 2. The van der Waals surface area contributed by atoms with Gasteiger partial charge in [0.05, 0.1) is 37.2 Å². The lowest BCUT2D eigenvalue weighted by Crippen LogP contribution is -2.59. The Morgan fingerprint density at radius 3 is 2.38 bits per heavy atom. The monoisotopic (exact) mass is 721 g/mol. The third kappa shape index (κ3) is 6.23. The predicted molar refractivity (Wildman–Crippen MR) is 192 cm³/mol. The van der Waals surface area contributed by atoms with Gasteiger partial charge in [0.25, 0.3) is 5.91 Å². The fourth-order valence-corrected chi connectivity index (χ4v) is 8.90. The number of hydrogen-bond acceptors (Lipinski definition) is 6. The third-order valence-electron chi connectivity index (χ3n) is 9.86. The number of halogens is 1. The Hall–Kier alpha value is -3.47. The molecule has 3 heterocycles. The molecule has 0 saturated carbocycles. The number of aliphatic hydroxyl groups excluding tert-OH is 1. The van der Waals surface area contributed by atoms with Crippen molar-refractivity contribution in [3.63, 3.8) is 0 Å². The number of rotatable bonds is 14. The highest BCUT2D eigenvalue weighted by molar-refractivity contribution is 9.09. The van der Waals surface area contributed by atoms with E-state index >= 15 is 4.79 Å². The average Bonchev–Trinajstić information content (AvgIpc) is 3.65. The van der Waals surface area contributed by atoms with E-state index in [0.29, 0.717) is 30.9 Å². The number of likely N-dealkylation sites (tertiary alicyclic amines) is 1. The standard InChI is InChI=1S/C38H48BrN3O6/c1-8-17-40(26-13-15-28(16-14-26)47-10-3)35(44)31-32-36(45)42(27(22-43)19-23(4)5)34(38(32)21-29(39)33(31)48-38)37(46)41(18-9-2)30-20-24(6)11-12-25(30)7/h8-9,11-16,20,23,27,29,31-34,43H,1-2,10,17-19,21-22H2,3-7H3/t27-,29?,31+,32+,33+,34?,38?/m1/s1. The summed E-state index contributed by atoms with van der Waals surface area (Å²) in [5, 5.41) is 10.7. The number of fused-ring (bicyclic) bond motifs is 1. The average molecular weight is 723 g/mol. The Morgan fingerprint density at radius 2 is 1.77 bits per heavy atom. The zero-order valence-electron chi connectivity index (χ0n) is 28.6. The molecule has 3 amide bonds. The van der Waals surface area contributed by atoms with Crippen LogP contribution in [0.25, 0.3) is 0 Å². The molecule has 2 bridgehead atoms. The second-order valence-corrected chi connectivity index (χ2v) is 14.7. The summed E-state index contributed by atoms with van der Waals surface area (Å²) in [7, 11) is 0. The number of carbonyl (C=O) groups excluding carboxylic acids is 3. The van der Waals surface area contributed by atoms with Crippen molar-refractivity contribution in [2.24, 2.45) is 17.8 Å². The van der Waals surface area contributed by atoms with Crippen molar-refractivity contribution in [3.8, 4) is 5.75 Å². The quantitative estimate of drug-likeness (QED) is 0.202. The number of carbonyl (C=O) groups is 3. The molecule has 3 aliphatic rings. The molecule has 1 N–H and O–H groups in total. The van der Waals surface area contributed by atoms with Crippen LogP contribution in [0.3, 0.4) is 0 Å². The third-order valence-corrected chi connectivity index (χ3v) is 10.7. The van der Waals surface area contributed by atoms with Gasteiger partial charge in [0.1, 0.15) is 17.4 Å². The Kier molecular flexibility index (Phi) is 10.9. The zero-order chi connectivity index (χ0) is 34.9. The van der Waals surface area contributed by atoms with Crippen LogP contribution in [0.5, 0.6) is 5.75 Å². The van der Waals surface area contributed by atoms with Gasteiger partial charge in [-0.25, -0.2) is 0 Å². The molecule has 9 nitrogen and oxygen atoms in total. The molecule has 3 aliphatic heterocycles. The molecule has 1 spiro atoms. The summed E-state index contributed by atoms with van der Waals surface area (Å²) >= 11 is 3.80. The van der Waals surface area contributed by atoms with E-state index in [1.165, 1.54) is 0 Å². The lowest BCUT2D eigenvalue weighted by atomic mass is 9.70. The van der Waals surface area contributed by atoms with Crippen molar-refractivity contribution in [1.29, 1.82) is 0 Å². The highest BCUT2D eigenvalue weighted by atomic mass is 79.9. The van der Waals surface area contributed by atoms with E-state index in [0.717, 1.165) is 16.8 Å². The summed E-state index contributed by atoms with van der Waals surface area (Å²) in [6, 6.07) is 11.5. The van der Waals surface area contributed by atoms with Crippen molar-refractivity contribution >= 4 is 45.0 Å². The molecule has 48 heavy (non-hydrogen) atoms. The van der Waals surface area contributed by atoms with Gasteiger partial charge in [0, 0.05) is 29.3 Å². The van der Waals surface area contributed by atoms with Gasteiger partial charge in [0.2, 0.25) is 11.8 Å². The number of aliphatic hydroxyl groups is 1. The van der Waals surface area contributed by atoms with Gasteiger partial charge in [-0.1, -0.05) is 54.1 Å². The van der Waals surface area contributed by atoms with Crippen LogP contribution < -0.4 is 14.5 Å². The number of amides is 3. The Labute approximate surface area is 292 Å². The molecule has 2 aromatic rings. The van der Waals surface area contributed by atoms with Crippen LogP contribution in [0.2, 0.25) is 0 Å². The SMILES string of the molecule is C=CCN(C(=O)[C@H]1[C@H]2C(=O)N([C@@H](CO)CC(C)C)C(C(=O)N(CC=C)c3cc(C)ccc3C)C23CC(Br)[C@@H]1O3)c1ccc(OCC)cc1. The molecule has 258 valence electrons. The van der Waals surface area contributed by atoms with Crippen molar-refractivity contribution < 1.29 is 29.0 Å².